The number of benzene rings is 4. The molecule has 0 aliphatic carbocycles. The Bertz CT molecular complexity index is 2030. The van der Waals surface area contributed by atoms with E-state index in [4.69, 9.17) is 37.7 Å². The summed E-state index contributed by atoms with van der Waals surface area (Å²) in [6.45, 7) is 2.27. The van der Waals surface area contributed by atoms with Gasteiger partial charge >= 0.3 is 5.97 Å². The van der Waals surface area contributed by atoms with Gasteiger partial charge in [0.15, 0.2) is 4.80 Å². The Labute approximate surface area is 267 Å². The van der Waals surface area contributed by atoms with Gasteiger partial charge in [-0.3, -0.25) is 9.36 Å². The Hall–Kier alpha value is -4.43. The molecule has 0 saturated carbocycles. The van der Waals surface area contributed by atoms with Gasteiger partial charge in [-0.1, -0.05) is 107 Å². The van der Waals surface area contributed by atoms with Crippen molar-refractivity contribution in [2.45, 2.75) is 19.6 Å². The van der Waals surface area contributed by atoms with E-state index < -0.39 is 12.0 Å². The molecule has 6 nitrogen and oxygen atoms in total. The van der Waals surface area contributed by atoms with Crippen LogP contribution in [0.2, 0.25) is 10.0 Å². The molecule has 0 saturated heterocycles. The van der Waals surface area contributed by atoms with E-state index in [-0.39, 0.29) is 12.2 Å². The fraction of sp³-hybridized carbons (Fsp3) is 0.114. The van der Waals surface area contributed by atoms with E-state index in [0.29, 0.717) is 48.6 Å². The average molecular weight is 642 g/mol. The van der Waals surface area contributed by atoms with Crippen LogP contribution in [0.15, 0.2) is 118 Å². The van der Waals surface area contributed by atoms with Crippen molar-refractivity contribution in [3.8, 4) is 5.75 Å². The predicted octanol–water partition coefficient (Wildman–Crippen LogP) is 6.82. The normalized spacial score (nSPS) is 14.6. The van der Waals surface area contributed by atoms with Crippen LogP contribution in [0.25, 0.3) is 11.8 Å². The minimum absolute atomic E-state index is 0.181. The molecule has 0 amide bonds. The maximum atomic E-state index is 14.0. The van der Waals surface area contributed by atoms with Crippen LogP contribution < -0.4 is 19.6 Å². The Balaban J connectivity index is 1.43. The molecule has 9 heteroatoms. The lowest BCUT2D eigenvalue weighted by atomic mass is 9.93. The summed E-state index contributed by atoms with van der Waals surface area (Å²) in [5.74, 6) is 0.148. The van der Waals surface area contributed by atoms with E-state index in [9.17, 15) is 9.59 Å². The molecule has 1 atom stereocenters. The molecule has 220 valence electrons. The number of hydrogen-bond acceptors (Lipinski definition) is 6. The predicted molar refractivity (Wildman–Crippen MR) is 175 cm³/mol. The third-order valence-electron chi connectivity index (χ3n) is 7.09. The summed E-state index contributed by atoms with van der Waals surface area (Å²) in [7, 11) is 0. The van der Waals surface area contributed by atoms with Crippen LogP contribution in [0, 0.1) is 0 Å². The Morgan fingerprint density at radius 2 is 1.64 bits per heavy atom. The van der Waals surface area contributed by atoms with Crippen LogP contribution in [0.4, 0.5) is 0 Å². The van der Waals surface area contributed by atoms with Crippen molar-refractivity contribution in [3.63, 3.8) is 0 Å². The molecule has 1 aromatic heterocycles. The van der Waals surface area contributed by atoms with Gasteiger partial charge in [0.1, 0.15) is 12.4 Å². The topological polar surface area (TPSA) is 69.9 Å². The van der Waals surface area contributed by atoms with Gasteiger partial charge in [-0.15, -0.1) is 0 Å². The van der Waals surface area contributed by atoms with Crippen LogP contribution in [-0.4, -0.2) is 17.1 Å². The Morgan fingerprint density at radius 1 is 0.932 bits per heavy atom. The van der Waals surface area contributed by atoms with Crippen molar-refractivity contribution >= 4 is 52.3 Å². The molecule has 5 aromatic rings. The highest BCUT2D eigenvalue weighted by Crippen LogP contribution is 2.35. The first kappa shape index (κ1) is 29.6. The first-order valence-corrected chi connectivity index (χ1v) is 15.5. The number of thiazole rings is 1. The fourth-order valence-corrected chi connectivity index (χ4v) is 6.31. The lowest BCUT2D eigenvalue weighted by Crippen LogP contribution is -2.40. The summed E-state index contributed by atoms with van der Waals surface area (Å²) in [5, 5.41) is 1.20. The van der Waals surface area contributed by atoms with E-state index in [1.54, 1.807) is 23.6 Å². The third kappa shape index (κ3) is 6.13. The van der Waals surface area contributed by atoms with Gasteiger partial charge in [0, 0.05) is 21.2 Å². The van der Waals surface area contributed by atoms with Crippen molar-refractivity contribution in [3.05, 3.63) is 161 Å². The molecule has 4 aromatic carbocycles. The summed E-state index contributed by atoms with van der Waals surface area (Å²) in [5.41, 5.74) is 3.67. The van der Waals surface area contributed by atoms with E-state index in [2.05, 4.69) is 0 Å². The second-order valence-electron chi connectivity index (χ2n) is 9.93. The zero-order valence-corrected chi connectivity index (χ0v) is 25.9. The number of rotatable bonds is 8. The SMILES string of the molecule is CCOC(=O)C1=C(c2ccccc2)N=c2sc(=Cc3ccc(OCc4ccccc4Cl)cc3)c(=O)n2C1c1ccc(Cl)cc1. The van der Waals surface area contributed by atoms with Crippen molar-refractivity contribution in [1.29, 1.82) is 0 Å². The summed E-state index contributed by atoms with van der Waals surface area (Å²) in [4.78, 5) is 32.9. The Kier molecular flexibility index (Phi) is 8.79. The molecule has 0 radical (unpaired) electrons. The van der Waals surface area contributed by atoms with Crippen LogP contribution >= 0.6 is 34.5 Å². The maximum Gasteiger partial charge on any atom is 0.338 e. The summed E-state index contributed by atoms with van der Waals surface area (Å²) >= 11 is 13.7. The second kappa shape index (κ2) is 13.1. The van der Waals surface area contributed by atoms with Crippen LogP contribution in [0.3, 0.4) is 0 Å². The van der Waals surface area contributed by atoms with Gasteiger partial charge in [-0.2, -0.15) is 0 Å². The highest BCUT2D eigenvalue weighted by atomic mass is 35.5. The fourth-order valence-electron chi connectivity index (χ4n) is 4.99. The van der Waals surface area contributed by atoms with Gasteiger partial charge < -0.3 is 9.47 Å². The number of aromatic nitrogens is 1. The number of carbonyl (C=O) groups is 1. The smallest absolute Gasteiger partial charge is 0.338 e. The zero-order valence-electron chi connectivity index (χ0n) is 23.6. The van der Waals surface area contributed by atoms with Crippen molar-refractivity contribution in [2.75, 3.05) is 6.61 Å². The first-order valence-electron chi connectivity index (χ1n) is 13.9. The number of hydrogen-bond donors (Lipinski definition) is 0. The first-order chi connectivity index (χ1) is 21.4. The summed E-state index contributed by atoms with van der Waals surface area (Å²) in [6, 6.07) is 30.8. The van der Waals surface area contributed by atoms with Crippen LogP contribution in [0.1, 0.15) is 35.2 Å². The number of esters is 1. The van der Waals surface area contributed by atoms with Gasteiger partial charge in [0.25, 0.3) is 5.56 Å². The molecule has 0 fully saturated rings. The van der Waals surface area contributed by atoms with E-state index >= 15 is 0 Å². The quantitative estimate of drug-likeness (QED) is 0.175. The number of halogens is 2. The monoisotopic (exact) mass is 640 g/mol. The van der Waals surface area contributed by atoms with Crippen molar-refractivity contribution in [2.24, 2.45) is 4.99 Å². The van der Waals surface area contributed by atoms with E-state index in [0.717, 1.165) is 16.7 Å². The van der Waals surface area contributed by atoms with E-state index in [1.165, 1.54) is 11.3 Å². The lowest BCUT2D eigenvalue weighted by Gasteiger charge is -2.25. The van der Waals surface area contributed by atoms with Gasteiger partial charge in [-0.25, -0.2) is 9.79 Å². The molecule has 44 heavy (non-hydrogen) atoms. The van der Waals surface area contributed by atoms with Crippen LogP contribution in [0.5, 0.6) is 5.75 Å². The molecule has 0 spiro atoms. The molecule has 2 heterocycles. The number of ether oxygens (including phenoxy) is 2. The molecular weight excluding hydrogens is 615 g/mol. The minimum atomic E-state index is -0.763. The molecule has 0 N–H and O–H groups in total. The van der Waals surface area contributed by atoms with Gasteiger partial charge in [-0.05, 0) is 54.5 Å². The van der Waals surface area contributed by atoms with Crippen LogP contribution in [-0.2, 0) is 16.1 Å². The summed E-state index contributed by atoms with van der Waals surface area (Å²) < 4.78 is 13.5. The largest absolute Gasteiger partial charge is 0.489 e. The Morgan fingerprint density at radius 3 is 2.34 bits per heavy atom. The number of fused-ring (bicyclic) bond motifs is 1. The van der Waals surface area contributed by atoms with Gasteiger partial charge in [0.05, 0.1) is 28.5 Å². The highest BCUT2D eigenvalue weighted by molar-refractivity contribution is 7.07. The maximum absolute atomic E-state index is 14.0. The highest BCUT2D eigenvalue weighted by Gasteiger charge is 2.35. The lowest BCUT2D eigenvalue weighted by molar-refractivity contribution is -0.138. The average Bonchev–Trinajstić information content (AvgIpc) is 3.35. The zero-order chi connectivity index (χ0) is 30.6. The molecule has 1 aliphatic rings. The van der Waals surface area contributed by atoms with E-state index in [1.807, 2.05) is 97.1 Å². The molecule has 1 unspecified atom stereocenters. The minimum Gasteiger partial charge on any atom is -0.489 e. The van der Waals surface area contributed by atoms with Crippen molar-refractivity contribution in [1.82, 2.24) is 4.57 Å². The summed E-state index contributed by atoms with van der Waals surface area (Å²) in [6.07, 6.45) is 1.82. The van der Waals surface area contributed by atoms with Crippen molar-refractivity contribution < 1.29 is 14.3 Å². The van der Waals surface area contributed by atoms with Gasteiger partial charge in [0.2, 0.25) is 0 Å². The number of carbonyl (C=O) groups excluding carboxylic acids is 1. The number of nitrogens with zero attached hydrogens (tertiary/aromatic N) is 2. The molecule has 0 bridgehead atoms. The molecular formula is C35H26Cl2N2O4S. The molecule has 6 rings (SSSR count). The standard InChI is InChI=1S/C35H26Cl2N2O4S/c1-2-42-34(41)30-31(23-8-4-3-5-9-23)38-35-39(32(30)24-14-16-26(36)17-15-24)33(40)29(44-35)20-22-12-18-27(19-13-22)43-21-25-10-6-7-11-28(25)37/h3-20,32H,2,21H2,1H3. The second-order valence-corrected chi connectivity index (χ2v) is 11.8. The third-order valence-corrected chi connectivity index (χ3v) is 8.69. The molecule has 1 aliphatic heterocycles.